The summed E-state index contributed by atoms with van der Waals surface area (Å²) in [7, 11) is 0. The quantitative estimate of drug-likeness (QED) is 0.452. The van der Waals surface area contributed by atoms with Gasteiger partial charge in [0.15, 0.2) is 0 Å². The number of nitrogens with zero attached hydrogens (tertiary/aromatic N) is 1. The van der Waals surface area contributed by atoms with E-state index in [1.165, 1.54) is 32.1 Å². The van der Waals surface area contributed by atoms with E-state index in [1.807, 2.05) is 6.92 Å². The third kappa shape index (κ3) is 2.36. The molecule has 17 heavy (non-hydrogen) atoms. The summed E-state index contributed by atoms with van der Waals surface area (Å²) in [6.45, 7) is 2.84. The Morgan fingerprint density at radius 2 is 1.65 bits per heavy atom. The van der Waals surface area contributed by atoms with Gasteiger partial charge in [-0.25, -0.2) is 0 Å². The fraction of sp³-hybridized carbons (Fsp3) is 0.933. The summed E-state index contributed by atoms with van der Waals surface area (Å²) in [5, 5.41) is 0. The Labute approximate surface area is 105 Å². The van der Waals surface area contributed by atoms with Gasteiger partial charge in [-0.3, -0.25) is 4.99 Å². The molecule has 4 rings (SSSR count). The number of nitrogens with two attached hydrogens (primary N) is 1. The molecule has 0 aromatic carbocycles. The molecule has 2 heteroatoms. The molecule has 0 heterocycles. The molecule has 0 aromatic rings. The van der Waals surface area contributed by atoms with E-state index in [0.29, 0.717) is 0 Å². The van der Waals surface area contributed by atoms with Gasteiger partial charge in [-0.15, -0.1) is 0 Å². The van der Waals surface area contributed by atoms with Crippen molar-refractivity contribution in [3.8, 4) is 0 Å². The highest BCUT2D eigenvalue weighted by atomic mass is 14.8. The van der Waals surface area contributed by atoms with Crippen LogP contribution in [0.25, 0.3) is 0 Å². The number of hydrogen-bond acceptors (Lipinski definition) is 1. The predicted octanol–water partition coefficient (Wildman–Crippen LogP) is 3.36. The van der Waals surface area contributed by atoms with E-state index in [-0.39, 0.29) is 0 Å². The van der Waals surface area contributed by atoms with Gasteiger partial charge >= 0.3 is 0 Å². The first-order valence-corrected chi connectivity index (χ1v) is 7.42. The van der Waals surface area contributed by atoms with Gasteiger partial charge in [0.05, 0.1) is 5.84 Å². The molecule has 0 saturated heterocycles. The van der Waals surface area contributed by atoms with E-state index >= 15 is 0 Å². The average Bonchev–Trinajstić information content (AvgIpc) is 2.22. The Morgan fingerprint density at radius 1 is 1.12 bits per heavy atom. The van der Waals surface area contributed by atoms with Gasteiger partial charge in [0.1, 0.15) is 0 Å². The monoisotopic (exact) mass is 234 g/mol. The fourth-order valence-electron chi connectivity index (χ4n) is 5.31. The summed E-state index contributed by atoms with van der Waals surface area (Å²) in [5.41, 5.74) is 6.32. The summed E-state index contributed by atoms with van der Waals surface area (Å²) in [4.78, 5) is 4.34. The molecular formula is C15H26N2. The first-order valence-electron chi connectivity index (χ1n) is 7.42. The first kappa shape index (κ1) is 11.6. The van der Waals surface area contributed by atoms with Gasteiger partial charge in [-0.2, -0.15) is 0 Å². The number of amidine groups is 1. The lowest BCUT2D eigenvalue weighted by atomic mass is 9.48. The highest BCUT2D eigenvalue weighted by molar-refractivity contribution is 5.77. The van der Waals surface area contributed by atoms with Gasteiger partial charge in [0, 0.05) is 6.54 Å². The second-order valence-corrected chi connectivity index (χ2v) is 7.04. The zero-order chi connectivity index (χ0) is 11.9. The molecule has 0 radical (unpaired) electrons. The van der Waals surface area contributed by atoms with Crippen LogP contribution in [0, 0.1) is 23.2 Å². The molecule has 0 atom stereocenters. The number of aliphatic imine (C=N–C) groups is 1. The van der Waals surface area contributed by atoms with Crippen molar-refractivity contribution in [2.24, 2.45) is 33.9 Å². The zero-order valence-corrected chi connectivity index (χ0v) is 11.1. The molecule has 4 saturated carbocycles. The Hall–Kier alpha value is -0.530. The Balaban J connectivity index is 1.57. The maximum absolute atomic E-state index is 5.59. The van der Waals surface area contributed by atoms with Gasteiger partial charge in [-0.1, -0.05) is 0 Å². The van der Waals surface area contributed by atoms with E-state index in [2.05, 4.69) is 4.99 Å². The number of hydrogen-bond donors (Lipinski definition) is 1. The van der Waals surface area contributed by atoms with Crippen LogP contribution >= 0.6 is 0 Å². The van der Waals surface area contributed by atoms with Crippen LogP contribution in [0.3, 0.4) is 0 Å². The summed E-state index contributed by atoms with van der Waals surface area (Å²) in [6.07, 6.45) is 11.9. The molecule has 4 fully saturated rings. The van der Waals surface area contributed by atoms with Crippen molar-refractivity contribution in [1.82, 2.24) is 0 Å². The lowest BCUT2D eigenvalue weighted by molar-refractivity contribution is -0.0577. The topological polar surface area (TPSA) is 38.4 Å². The zero-order valence-electron chi connectivity index (χ0n) is 11.1. The molecule has 0 aliphatic heterocycles. The van der Waals surface area contributed by atoms with E-state index in [0.717, 1.165) is 35.5 Å². The van der Waals surface area contributed by atoms with E-state index in [4.69, 9.17) is 5.73 Å². The van der Waals surface area contributed by atoms with Crippen LogP contribution in [0.2, 0.25) is 0 Å². The normalized spacial score (nSPS) is 44.3. The Bertz CT molecular complexity index is 280. The van der Waals surface area contributed by atoms with Crippen molar-refractivity contribution < 1.29 is 0 Å². The molecule has 4 aliphatic carbocycles. The SMILES string of the molecule is CC(N)=NCCCC12CC3CC(CC(C3)C1)C2. The third-order valence-electron chi connectivity index (χ3n) is 5.39. The van der Waals surface area contributed by atoms with Crippen LogP contribution in [-0.2, 0) is 0 Å². The number of rotatable bonds is 4. The summed E-state index contributed by atoms with van der Waals surface area (Å²) < 4.78 is 0. The van der Waals surface area contributed by atoms with Crippen molar-refractivity contribution in [3.63, 3.8) is 0 Å². The van der Waals surface area contributed by atoms with Crippen LogP contribution < -0.4 is 5.73 Å². The van der Waals surface area contributed by atoms with Crippen molar-refractivity contribution in [3.05, 3.63) is 0 Å². The lowest BCUT2D eigenvalue weighted by Crippen LogP contribution is -2.46. The summed E-state index contributed by atoms with van der Waals surface area (Å²) in [5.74, 6) is 4.00. The molecule has 0 spiro atoms. The van der Waals surface area contributed by atoms with Gasteiger partial charge in [-0.05, 0) is 81.5 Å². The van der Waals surface area contributed by atoms with Gasteiger partial charge < -0.3 is 5.73 Å². The van der Waals surface area contributed by atoms with Crippen LogP contribution in [0.15, 0.2) is 4.99 Å². The lowest BCUT2D eigenvalue weighted by Gasteiger charge is -2.57. The van der Waals surface area contributed by atoms with E-state index in [9.17, 15) is 0 Å². The van der Waals surface area contributed by atoms with E-state index in [1.54, 1.807) is 19.3 Å². The minimum absolute atomic E-state index is 0.729. The predicted molar refractivity (Wildman–Crippen MR) is 72.0 cm³/mol. The minimum atomic E-state index is 0.729. The maximum Gasteiger partial charge on any atom is 0.0905 e. The summed E-state index contributed by atoms with van der Waals surface area (Å²) in [6, 6.07) is 0. The standard InChI is InChI=1S/C15H26N2/c1-11(16)17-4-2-3-15-8-12-5-13(9-15)7-14(6-12)10-15/h12-14H,2-10H2,1H3,(H2,16,17). The second-order valence-electron chi connectivity index (χ2n) is 7.04. The van der Waals surface area contributed by atoms with Gasteiger partial charge in [0.2, 0.25) is 0 Å². The highest BCUT2D eigenvalue weighted by Gasteiger charge is 2.50. The Kier molecular flexibility index (Phi) is 2.92. The van der Waals surface area contributed by atoms with E-state index < -0.39 is 0 Å². The molecule has 4 aliphatic rings. The Morgan fingerprint density at radius 3 is 2.12 bits per heavy atom. The third-order valence-corrected chi connectivity index (χ3v) is 5.39. The van der Waals surface area contributed by atoms with Crippen LogP contribution in [-0.4, -0.2) is 12.4 Å². The molecule has 0 unspecified atom stereocenters. The molecular weight excluding hydrogens is 208 g/mol. The van der Waals surface area contributed by atoms with Gasteiger partial charge in [0.25, 0.3) is 0 Å². The first-order chi connectivity index (χ1) is 8.15. The molecule has 2 nitrogen and oxygen atoms in total. The van der Waals surface area contributed by atoms with Crippen molar-refractivity contribution in [2.75, 3.05) is 6.54 Å². The molecule has 0 aromatic heterocycles. The highest BCUT2D eigenvalue weighted by Crippen LogP contribution is 2.61. The average molecular weight is 234 g/mol. The molecule has 4 bridgehead atoms. The molecule has 2 N–H and O–H groups in total. The largest absolute Gasteiger partial charge is 0.388 e. The van der Waals surface area contributed by atoms with Crippen LogP contribution in [0.4, 0.5) is 0 Å². The van der Waals surface area contributed by atoms with Crippen molar-refractivity contribution >= 4 is 5.84 Å². The minimum Gasteiger partial charge on any atom is -0.388 e. The van der Waals surface area contributed by atoms with Crippen molar-refractivity contribution in [1.29, 1.82) is 0 Å². The van der Waals surface area contributed by atoms with Crippen LogP contribution in [0.5, 0.6) is 0 Å². The maximum atomic E-state index is 5.59. The van der Waals surface area contributed by atoms with Crippen molar-refractivity contribution in [2.45, 2.75) is 58.3 Å². The fourth-order valence-corrected chi connectivity index (χ4v) is 5.31. The smallest absolute Gasteiger partial charge is 0.0905 e. The van der Waals surface area contributed by atoms with Crippen LogP contribution in [0.1, 0.15) is 58.3 Å². The molecule has 0 amide bonds. The molecule has 96 valence electrons. The second kappa shape index (κ2) is 4.29. The summed E-state index contributed by atoms with van der Waals surface area (Å²) >= 11 is 0.